The standard InChI is InChI=1S/C21H22N4O4/c1-5-28-20(26)17-13(3)22-14(4)18(21(27)29-6-2)19(17)16-12-25(24-23-16)15-10-8-7-9-11-15/h7-12H,5-6H2,1-4H3. The second-order valence-electron chi connectivity index (χ2n) is 6.23. The van der Waals surface area contributed by atoms with Gasteiger partial charge in [-0.15, -0.1) is 5.10 Å². The normalized spacial score (nSPS) is 10.6. The summed E-state index contributed by atoms with van der Waals surface area (Å²) >= 11 is 0. The van der Waals surface area contributed by atoms with Crippen molar-refractivity contribution in [3.63, 3.8) is 0 Å². The summed E-state index contributed by atoms with van der Waals surface area (Å²) in [6.45, 7) is 7.20. The van der Waals surface area contributed by atoms with Gasteiger partial charge in [-0.05, 0) is 39.8 Å². The number of nitrogens with zero attached hydrogens (tertiary/aromatic N) is 4. The number of rotatable bonds is 6. The Morgan fingerprint density at radius 1 is 0.931 bits per heavy atom. The summed E-state index contributed by atoms with van der Waals surface area (Å²) in [6.07, 6.45) is 1.66. The molecule has 0 aliphatic rings. The summed E-state index contributed by atoms with van der Waals surface area (Å²) in [5.41, 5.74) is 2.71. The number of carbonyl (C=O) groups excluding carboxylic acids is 2. The Morgan fingerprint density at radius 3 is 2.00 bits per heavy atom. The number of ether oxygens (including phenoxy) is 2. The lowest BCUT2D eigenvalue weighted by Crippen LogP contribution is -2.17. The molecule has 0 amide bonds. The number of carbonyl (C=O) groups is 2. The molecule has 3 aromatic rings. The highest BCUT2D eigenvalue weighted by Crippen LogP contribution is 2.31. The molecule has 0 saturated carbocycles. The summed E-state index contributed by atoms with van der Waals surface area (Å²) in [5.74, 6) is -1.15. The van der Waals surface area contributed by atoms with E-state index in [-0.39, 0.29) is 24.3 Å². The minimum absolute atomic E-state index is 0.181. The second kappa shape index (κ2) is 8.64. The number of para-hydroxylation sites is 1. The third-order valence-electron chi connectivity index (χ3n) is 4.29. The van der Waals surface area contributed by atoms with Crippen LogP contribution < -0.4 is 0 Å². The van der Waals surface area contributed by atoms with Crippen molar-refractivity contribution >= 4 is 11.9 Å². The second-order valence-corrected chi connectivity index (χ2v) is 6.23. The van der Waals surface area contributed by atoms with Gasteiger partial charge in [0.05, 0.1) is 47.6 Å². The highest BCUT2D eigenvalue weighted by Gasteiger charge is 2.29. The first-order valence-corrected chi connectivity index (χ1v) is 9.31. The molecule has 0 unspecified atom stereocenters. The van der Waals surface area contributed by atoms with Crippen LogP contribution in [0.25, 0.3) is 16.9 Å². The third kappa shape index (κ3) is 4.01. The van der Waals surface area contributed by atoms with Crippen molar-refractivity contribution in [3.8, 4) is 16.9 Å². The van der Waals surface area contributed by atoms with Gasteiger partial charge in [0.25, 0.3) is 0 Å². The highest BCUT2D eigenvalue weighted by atomic mass is 16.5. The molecule has 3 rings (SSSR count). The molecular weight excluding hydrogens is 372 g/mol. The van der Waals surface area contributed by atoms with E-state index in [0.29, 0.717) is 22.6 Å². The fourth-order valence-electron chi connectivity index (χ4n) is 3.10. The molecule has 0 N–H and O–H groups in total. The smallest absolute Gasteiger partial charge is 0.340 e. The lowest BCUT2D eigenvalue weighted by atomic mass is 9.96. The maximum Gasteiger partial charge on any atom is 0.340 e. The van der Waals surface area contributed by atoms with Crippen molar-refractivity contribution in [2.24, 2.45) is 0 Å². The van der Waals surface area contributed by atoms with Gasteiger partial charge in [-0.25, -0.2) is 14.3 Å². The number of benzene rings is 1. The maximum absolute atomic E-state index is 12.7. The summed E-state index contributed by atoms with van der Waals surface area (Å²) in [6, 6.07) is 9.41. The molecule has 150 valence electrons. The van der Waals surface area contributed by atoms with Crippen LogP contribution in [-0.4, -0.2) is 45.1 Å². The fourth-order valence-corrected chi connectivity index (χ4v) is 3.10. The first kappa shape index (κ1) is 20.2. The minimum Gasteiger partial charge on any atom is -0.462 e. The topological polar surface area (TPSA) is 96.2 Å². The number of hydrogen-bond acceptors (Lipinski definition) is 7. The minimum atomic E-state index is -0.577. The molecule has 0 aliphatic heterocycles. The van der Waals surface area contributed by atoms with Crippen molar-refractivity contribution in [2.75, 3.05) is 13.2 Å². The monoisotopic (exact) mass is 394 g/mol. The Kier molecular flexibility index (Phi) is 6.01. The van der Waals surface area contributed by atoms with Crippen molar-refractivity contribution in [3.05, 3.63) is 59.0 Å². The quantitative estimate of drug-likeness (QED) is 0.592. The lowest BCUT2D eigenvalue weighted by molar-refractivity contribution is 0.0525. The predicted molar refractivity (Wildman–Crippen MR) is 106 cm³/mol. The SMILES string of the molecule is CCOC(=O)c1c(C)nc(C)c(C(=O)OCC)c1-c1cn(-c2ccccc2)nn1. The average molecular weight is 394 g/mol. The number of pyridine rings is 1. The summed E-state index contributed by atoms with van der Waals surface area (Å²) < 4.78 is 12.0. The van der Waals surface area contributed by atoms with Crippen molar-refractivity contribution in [2.45, 2.75) is 27.7 Å². The van der Waals surface area contributed by atoms with Crippen molar-refractivity contribution in [1.29, 1.82) is 0 Å². The first-order valence-electron chi connectivity index (χ1n) is 9.31. The number of esters is 2. The highest BCUT2D eigenvalue weighted by molar-refractivity contribution is 6.06. The van der Waals surface area contributed by atoms with Crippen LogP contribution in [0.4, 0.5) is 0 Å². The average Bonchev–Trinajstić information content (AvgIpc) is 3.18. The molecule has 2 aromatic heterocycles. The Balaban J connectivity index is 2.26. The number of hydrogen-bond donors (Lipinski definition) is 0. The van der Waals surface area contributed by atoms with Gasteiger partial charge in [0.1, 0.15) is 5.69 Å². The van der Waals surface area contributed by atoms with E-state index in [1.165, 1.54) is 0 Å². The molecule has 0 fully saturated rings. The van der Waals surface area contributed by atoms with E-state index in [4.69, 9.17) is 9.47 Å². The van der Waals surface area contributed by atoms with Gasteiger partial charge in [-0.3, -0.25) is 4.98 Å². The van der Waals surface area contributed by atoms with E-state index < -0.39 is 11.9 Å². The Labute approximate surface area is 168 Å². The van der Waals surface area contributed by atoms with Gasteiger partial charge in [0.15, 0.2) is 0 Å². The largest absolute Gasteiger partial charge is 0.462 e. The van der Waals surface area contributed by atoms with Crippen LogP contribution in [0.15, 0.2) is 36.5 Å². The molecule has 0 spiro atoms. The van der Waals surface area contributed by atoms with E-state index >= 15 is 0 Å². The van der Waals surface area contributed by atoms with Crippen LogP contribution in [0.2, 0.25) is 0 Å². The van der Waals surface area contributed by atoms with Crippen LogP contribution in [0.3, 0.4) is 0 Å². The van der Waals surface area contributed by atoms with Crippen LogP contribution in [0.5, 0.6) is 0 Å². The van der Waals surface area contributed by atoms with Gasteiger partial charge in [0.2, 0.25) is 0 Å². The molecule has 0 saturated heterocycles. The summed E-state index contributed by atoms with van der Waals surface area (Å²) in [7, 11) is 0. The zero-order valence-corrected chi connectivity index (χ0v) is 16.8. The molecule has 0 radical (unpaired) electrons. The first-order chi connectivity index (χ1) is 14.0. The fraction of sp³-hybridized carbons (Fsp3) is 0.286. The summed E-state index contributed by atoms with van der Waals surface area (Å²) in [5, 5.41) is 8.38. The molecule has 29 heavy (non-hydrogen) atoms. The van der Waals surface area contributed by atoms with E-state index in [2.05, 4.69) is 15.3 Å². The predicted octanol–water partition coefficient (Wildman–Crippen LogP) is 3.30. The zero-order valence-electron chi connectivity index (χ0n) is 16.8. The van der Waals surface area contributed by atoms with Crippen LogP contribution in [0, 0.1) is 13.8 Å². The van der Waals surface area contributed by atoms with E-state index in [1.807, 2.05) is 30.3 Å². The van der Waals surface area contributed by atoms with Gasteiger partial charge < -0.3 is 9.47 Å². The third-order valence-corrected chi connectivity index (χ3v) is 4.29. The molecule has 8 heteroatoms. The van der Waals surface area contributed by atoms with Crippen LogP contribution >= 0.6 is 0 Å². The van der Waals surface area contributed by atoms with Crippen LogP contribution in [0.1, 0.15) is 46.0 Å². The van der Waals surface area contributed by atoms with E-state index in [9.17, 15) is 9.59 Å². The molecule has 0 atom stereocenters. The van der Waals surface area contributed by atoms with E-state index in [1.54, 1.807) is 38.6 Å². The lowest BCUT2D eigenvalue weighted by Gasteiger charge is -2.15. The van der Waals surface area contributed by atoms with Gasteiger partial charge in [-0.2, -0.15) is 0 Å². The van der Waals surface area contributed by atoms with Gasteiger partial charge in [0, 0.05) is 5.56 Å². The van der Waals surface area contributed by atoms with E-state index in [0.717, 1.165) is 5.69 Å². The zero-order chi connectivity index (χ0) is 21.0. The molecule has 1 aromatic carbocycles. The van der Waals surface area contributed by atoms with Crippen molar-refractivity contribution in [1.82, 2.24) is 20.0 Å². The van der Waals surface area contributed by atoms with Gasteiger partial charge >= 0.3 is 11.9 Å². The summed E-state index contributed by atoms with van der Waals surface area (Å²) in [4.78, 5) is 29.8. The molecule has 2 heterocycles. The maximum atomic E-state index is 12.7. The number of aromatic nitrogens is 4. The molecule has 8 nitrogen and oxygen atoms in total. The van der Waals surface area contributed by atoms with Gasteiger partial charge in [-0.1, -0.05) is 23.4 Å². The molecule has 0 aliphatic carbocycles. The number of aryl methyl sites for hydroxylation is 2. The molecular formula is C21H22N4O4. The van der Waals surface area contributed by atoms with Crippen LogP contribution in [-0.2, 0) is 9.47 Å². The Hall–Kier alpha value is -3.55. The van der Waals surface area contributed by atoms with Crippen molar-refractivity contribution < 1.29 is 19.1 Å². The Morgan fingerprint density at radius 2 is 1.48 bits per heavy atom. The molecule has 0 bridgehead atoms. The Bertz CT molecular complexity index is 1000.